The smallest absolute Gasteiger partial charge is 0.273 e. The van der Waals surface area contributed by atoms with Crippen LogP contribution in [0.15, 0.2) is 10.7 Å². The number of nitrogens with one attached hydrogen (secondary N) is 1. The van der Waals surface area contributed by atoms with Gasteiger partial charge in [-0.15, -0.1) is 0 Å². The Morgan fingerprint density at radius 3 is 2.79 bits per heavy atom. The molecule has 0 aliphatic rings. The highest BCUT2D eigenvalue weighted by Gasteiger charge is 2.16. The number of amides is 1. The number of oxazole rings is 1. The first kappa shape index (κ1) is 15.7. The van der Waals surface area contributed by atoms with E-state index in [2.05, 4.69) is 24.1 Å². The van der Waals surface area contributed by atoms with Crippen molar-refractivity contribution < 1.29 is 9.21 Å². The van der Waals surface area contributed by atoms with Gasteiger partial charge in [-0.2, -0.15) is 0 Å². The van der Waals surface area contributed by atoms with Gasteiger partial charge in [0, 0.05) is 6.54 Å². The van der Waals surface area contributed by atoms with Crippen LogP contribution in [0.3, 0.4) is 0 Å². The number of aromatic nitrogens is 1. The van der Waals surface area contributed by atoms with E-state index in [4.69, 9.17) is 10.2 Å². The van der Waals surface area contributed by atoms with Gasteiger partial charge in [0.2, 0.25) is 5.89 Å². The van der Waals surface area contributed by atoms with Crippen molar-refractivity contribution in [3.05, 3.63) is 17.8 Å². The van der Waals surface area contributed by atoms with E-state index in [1.165, 1.54) is 6.26 Å². The van der Waals surface area contributed by atoms with Crippen molar-refractivity contribution in [2.24, 2.45) is 5.73 Å². The molecular formula is C14H25N3O2. The monoisotopic (exact) mass is 267 g/mol. The lowest BCUT2D eigenvalue weighted by Crippen LogP contribution is -2.24. The Hall–Kier alpha value is -1.36. The highest BCUT2D eigenvalue weighted by molar-refractivity contribution is 5.91. The Morgan fingerprint density at radius 2 is 2.11 bits per heavy atom. The van der Waals surface area contributed by atoms with Gasteiger partial charge < -0.3 is 15.5 Å². The van der Waals surface area contributed by atoms with Crippen LogP contribution in [0.5, 0.6) is 0 Å². The van der Waals surface area contributed by atoms with E-state index in [9.17, 15) is 4.79 Å². The molecule has 0 aliphatic carbocycles. The van der Waals surface area contributed by atoms with Crippen molar-refractivity contribution in [2.45, 2.75) is 58.4 Å². The summed E-state index contributed by atoms with van der Waals surface area (Å²) in [4.78, 5) is 15.9. The molecule has 1 rings (SSSR count). The molecule has 0 aliphatic heterocycles. The van der Waals surface area contributed by atoms with Gasteiger partial charge in [-0.05, 0) is 12.8 Å². The molecule has 0 bridgehead atoms. The molecule has 0 radical (unpaired) electrons. The van der Waals surface area contributed by atoms with Crippen LogP contribution >= 0.6 is 0 Å². The second-order valence-electron chi connectivity index (χ2n) is 4.78. The SMILES string of the molecule is CCCCCNC(=O)c1coc(C(N)CCCC)n1. The lowest BCUT2D eigenvalue weighted by atomic mass is 10.1. The minimum absolute atomic E-state index is 0.186. The Bertz CT molecular complexity index is 377. The van der Waals surface area contributed by atoms with E-state index in [1.54, 1.807) is 0 Å². The second-order valence-corrected chi connectivity index (χ2v) is 4.78. The molecule has 1 aromatic heterocycles. The molecule has 0 fully saturated rings. The van der Waals surface area contributed by atoms with Gasteiger partial charge in [-0.3, -0.25) is 4.79 Å². The second kappa shape index (κ2) is 8.69. The summed E-state index contributed by atoms with van der Waals surface area (Å²) in [6.45, 7) is 4.91. The normalized spacial score (nSPS) is 12.4. The molecule has 3 N–H and O–H groups in total. The van der Waals surface area contributed by atoms with Gasteiger partial charge >= 0.3 is 0 Å². The average molecular weight is 267 g/mol. The molecule has 5 nitrogen and oxygen atoms in total. The van der Waals surface area contributed by atoms with Crippen LogP contribution in [0.1, 0.15) is 74.8 Å². The molecule has 0 aromatic carbocycles. The van der Waals surface area contributed by atoms with Crippen molar-refractivity contribution in [3.8, 4) is 0 Å². The summed E-state index contributed by atoms with van der Waals surface area (Å²) in [6.07, 6.45) is 7.57. The number of nitrogens with two attached hydrogens (primary N) is 1. The first-order valence-electron chi connectivity index (χ1n) is 7.18. The Kier molecular flexibility index (Phi) is 7.18. The van der Waals surface area contributed by atoms with Crippen LogP contribution in [0, 0.1) is 0 Å². The fraction of sp³-hybridized carbons (Fsp3) is 0.714. The number of carbonyl (C=O) groups excluding carboxylic acids is 1. The molecule has 1 unspecified atom stereocenters. The van der Waals surface area contributed by atoms with Crippen LogP contribution in [0.2, 0.25) is 0 Å². The lowest BCUT2D eigenvalue weighted by molar-refractivity contribution is 0.0948. The summed E-state index contributed by atoms with van der Waals surface area (Å²) < 4.78 is 5.28. The quantitative estimate of drug-likeness (QED) is 0.674. The zero-order valence-electron chi connectivity index (χ0n) is 11.9. The summed E-state index contributed by atoms with van der Waals surface area (Å²) in [5, 5.41) is 2.83. The summed E-state index contributed by atoms with van der Waals surface area (Å²) in [7, 11) is 0. The maximum Gasteiger partial charge on any atom is 0.273 e. The number of hydrogen-bond acceptors (Lipinski definition) is 4. The molecule has 5 heteroatoms. The first-order valence-corrected chi connectivity index (χ1v) is 7.18. The third-order valence-corrected chi connectivity index (χ3v) is 3.01. The fourth-order valence-corrected chi connectivity index (χ4v) is 1.78. The molecule has 0 saturated carbocycles. The maximum absolute atomic E-state index is 11.8. The van der Waals surface area contributed by atoms with Crippen LogP contribution < -0.4 is 11.1 Å². The van der Waals surface area contributed by atoms with E-state index in [0.717, 1.165) is 38.5 Å². The van der Waals surface area contributed by atoms with Crippen molar-refractivity contribution in [1.82, 2.24) is 10.3 Å². The standard InChI is InChI=1S/C14H25N3O2/c1-3-5-7-9-16-13(18)12-10-19-14(17-12)11(15)8-6-4-2/h10-11H,3-9,15H2,1-2H3,(H,16,18). The van der Waals surface area contributed by atoms with Gasteiger partial charge in [0.25, 0.3) is 5.91 Å². The molecule has 1 heterocycles. The zero-order valence-corrected chi connectivity index (χ0v) is 11.9. The van der Waals surface area contributed by atoms with Crippen LogP contribution in [-0.2, 0) is 0 Å². The highest BCUT2D eigenvalue weighted by atomic mass is 16.3. The van der Waals surface area contributed by atoms with Crippen LogP contribution in [0.25, 0.3) is 0 Å². The minimum Gasteiger partial charge on any atom is -0.446 e. The van der Waals surface area contributed by atoms with E-state index >= 15 is 0 Å². The summed E-state index contributed by atoms with van der Waals surface area (Å²) in [5.74, 6) is 0.265. The van der Waals surface area contributed by atoms with Crippen molar-refractivity contribution in [2.75, 3.05) is 6.54 Å². The molecule has 0 saturated heterocycles. The number of rotatable bonds is 9. The first-order chi connectivity index (χ1) is 9.19. The molecule has 108 valence electrons. The largest absolute Gasteiger partial charge is 0.446 e. The van der Waals surface area contributed by atoms with Gasteiger partial charge in [0.05, 0.1) is 6.04 Å². The van der Waals surface area contributed by atoms with Crippen LogP contribution in [-0.4, -0.2) is 17.4 Å². The molecule has 1 atom stereocenters. The number of hydrogen-bond donors (Lipinski definition) is 2. The van der Waals surface area contributed by atoms with Crippen LogP contribution in [0.4, 0.5) is 0 Å². The number of nitrogens with zero attached hydrogens (tertiary/aromatic N) is 1. The predicted octanol–water partition coefficient (Wildman–Crippen LogP) is 2.78. The van der Waals surface area contributed by atoms with Crippen molar-refractivity contribution >= 4 is 5.91 Å². The van der Waals surface area contributed by atoms with Gasteiger partial charge in [-0.25, -0.2) is 4.98 Å². The minimum atomic E-state index is -0.221. The van der Waals surface area contributed by atoms with E-state index in [-0.39, 0.29) is 11.9 Å². The molecule has 1 amide bonds. The van der Waals surface area contributed by atoms with E-state index in [1.807, 2.05) is 0 Å². The lowest BCUT2D eigenvalue weighted by Gasteiger charge is -2.05. The van der Waals surface area contributed by atoms with Gasteiger partial charge in [-0.1, -0.05) is 39.5 Å². The van der Waals surface area contributed by atoms with Crippen molar-refractivity contribution in [1.29, 1.82) is 0 Å². The Balaban J connectivity index is 2.42. The molecule has 1 aromatic rings. The molecule has 0 spiro atoms. The number of unbranched alkanes of at least 4 members (excludes halogenated alkanes) is 3. The summed E-state index contributed by atoms with van der Waals surface area (Å²) in [5.41, 5.74) is 6.26. The third-order valence-electron chi connectivity index (χ3n) is 3.01. The molecule has 19 heavy (non-hydrogen) atoms. The summed E-state index contributed by atoms with van der Waals surface area (Å²) in [6, 6.07) is -0.221. The Morgan fingerprint density at radius 1 is 1.37 bits per heavy atom. The zero-order chi connectivity index (χ0) is 14.1. The average Bonchev–Trinajstić information content (AvgIpc) is 2.90. The number of carbonyl (C=O) groups is 1. The third kappa shape index (κ3) is 5.42. The van der Waals surface area contributed by atoms with E-state index in [0.29, 0.717) is 18.1 Å². The fourth-order valence-electron chi connectivity index (χ4n) is 1.78. The Labute approximate surface area is 115 Å². The molecular weight excluding hydrogens is 242 g/mol. The van der Waals surface area contributed by atoms with Crippen molar-refractivity contribution in [3.63, 3.8) is 0 Å². The van der Waals surface area contributed by atoms with E-state index < -0.39 is 0 Å². The van der Waals surface area contributed by atoms with Gasteiger partial charge in [0.1, 0.15) is 6.26 Å². The predicted molar refractivity (Wildman–Crippen MR) is 74.8 cm³/mol. The maximum atomic E-state index is 11.8. The van der Waals surface area contributed by atoms with Gasteiger partial charge in [0.15, 0.2) is 5.69 Å². The topological polar surface area (TPSA) is 81.2 Å². The summed E-state index contributed by atoms with van der Waals surface area (Å²) >= 11 is 0. The highest BCUT2D eigenvalue weighted by Crippen LogP contribution is 2.16.